The second kappa shape index (κ2) is 8.14. The predicted octanol–water partition coefficient (Wildman–Crippen LogP) is 5.18. The number of hydrogen-bond acceptors (Lipinski definition) is 4. The van der Waals surface area contributed by atoms with Crippen molar-refractivity contribution >= 4 is 34.0 Å². The Morgan fingerprint density at radius 2 is 2.00 bits per heavy atom. The summed E-state index contributed by atoms with van der Waals surface area (Å²) in [6.07, 6.45) is 3.38. The number of nitrogens with zero attached hydrogens (tertiary/aromatic N) is 3. The molecular weight excluding hydrogens is 411 g/mol. The largest absolute Gasteiger partial charge is 0.333 e. The summed E-state index contributed by atoms with van der Waals surface area (Å²) >= 11 is 7.35. The lowest BCUT2D eigenvalue weighted by Crippen LogP contribution is -2.15. The number of aromatic nitrogens is 3. The second-order valence-electron chi connectivity index (χ2n) is 6.35. The average Bonchev–Trinajstić information content (AvgIpc) is 3.31. The predicted molar refractivity (Wildman–Crippen MR) is 113 cm³/mol. The molecule has 0 fully saturated rings. The molecule has 0 aliphatic carbocycles. The summed E-state index contributed by atoms with van der Waals surface area (Å²) in [5.74, 6) is -0.152. The van der Waals surface area contributed by atoms with Gasteiger partial charge in [0.1, 0.15) is 5.82 Å². The van der Waals surface area contributed by atoms with Crippen molar-refractivity contribution < 1.29 is 9.18 Å². The topological polar surface area (TPSA) is 59.8 Å². The first kappa shape index (κ1) is 19.3. The highest BCUT2D eigenvalue weighted by Crippen LogP contribution is 2.38. The molecule has 0 unspecified atom stereocenters. The summed E-state index contributed by atoms with van der Waals surface area (Å²) in [5, 5.41) is 3.40. The molecule has 146 valence electrons. The zero-order chi connectivity index (χ0) is 20.4. The zero-order valence-corrected chi connectivity index (χ0v) is 17.0. The van der Waals surface area contributed by atoms with Crippen molar-refractivity contribution in [3.8, 4) is 22.0 Å². The standard InChI is InChI=1S/C21H16ClFN4OS/c1-27-11-10-24-20(27)19-18(13-6-3-2-4-7-13)26-21(29-19)25-17(28)12-14-15(22)8-5-9-16(14)23/h2-11H,12H2,1H3,(H,25,26,28). The van der Waals surface area contributed by atoms with Gasteiger partial charge in [-0.25, -0.2) is 14.4 Å². The van der Waals surface area contributed by atoms with E-state index in [0.29, 0.717) is 5.13 Å². The molecule has 1 amide bonds. The van der Waals surface area contributed by atoms with Crippen molar-refractivity contribution in [3.05, 3.63) is 77.3 Å². The Balaban J connectivity index is 1.66. The number of benzene rings is 2. The fourth-order valence-corrected chi connectivity index (χ4v) is 4.20. The highest BCUT2D eigenvalue weighted by Gasteiger charge is 2.20. The fraction of sp³-hybridized carbons (Fsp3) is 0.0952. The summed E-state index contributed by atoms with van der Waals surface area (Å²) in [6, 6.07) is 14.0. The van der Waals surface area contributed by atoms with Crippen LogP contribution >= 0.6 is 22.9 Å². The van der Waals surface area contributed by atoms with E-state index in [1.165, 1.54) is 23.5 Å². The number of rotatable bonds is 5. The molecule has 0 aliphatic heterocycles. The molecule has 29 heavy (non-hydrogen) atoms. The Kier molecular flexibility index (Phi) is 5.42. The van der Waals surface area contributed by atoms with Gasteiger partial charge in [-0.1, -0.05) is 59.3 Å². The van der Waals surface area contributed by atoms with E-state index in [2.05, 4.69) is 15.3 Å². The maximum atomic E-state index is 14.0. The molecule has 1 N–H and O–H groups in total. The van der Waals surface area contributed by atoms with Gasteiger partial charge in [0.05, 0.1) is 17.0 Å². The van der Waals surface area contributed by atoms with E-state index in [1.54, 1.807) is 12.3 Å². The maximum Gasteiger partial charge on any atom is 0.230 e. The third-order valence-corrected chi connectivity index (χ3v) is 5.66. The minimum atomic E-state index is -0.509. The number of hydrogen-bond donors (Lipinski definition) is 1. The quantitative estimate of drug-likeness (QED) is 0.478. The number of carbonyl (C=O) groups is 1. The lowest BCUT2D eigenvalue weighted by atomic mass is 10.1. The van der Waals surface area contributed by atoms with Crippen molar-refractivity contribution in [2.75, 3.05) is 5.32 Å². The molecule has 5 nitrogen and oxygen atoms in total. The molecule has 0 saturated heterocycles. The summed E-state index contributed by atoms with van der Waals surface area (Å²) in [4.78, 5) is 22.4. The number of carbonyl (C=O) groups excluding carboxylic acids is 1. The minimum Gasteiger partial charge on any atom is -0.333 e. The molecule has 0 spiro atoms. The van der Waals surface area contributed by atoms with Gasteiger partial charge in [-0.2, -0.15) is 0 Å². The fourth-order valence-electron chi connectivity index (χ4n) is 2.93. The summed E-state index contributed by atoms with van der Waals surface area (Å²) < 4.78 is 15.9. The molecule has 0 aliphatic rings. The van der Waals surface area contributed by atoms with Gasteiger partial charge in [0.2, 0.25) is 5.91 Å². The van der Waals surface area contributed by atoms with Crippen LogP contribution in [0.25, 0.3) is 22.0 Å². The molecule has 4 aromatic rings. The normalized spacial score (nSPS) is 10.9. The Hall–Kier alpha value is -3.03. The Morgan fingerprint density at radius 1 is 1.21 bits per heavy atom. The van der Waals surface area contributed by atoms with Crippen molar-refractivity contribution in [3.63, 3.8) is 0 Å². The number of nitrogens with one attached hydrogen (secondary N) is 1. The van der Waals surface area contributed by atoms with E-state index in [0.717, 1.165) is 22.0 Å². The number of thiazole rings is 1. The highest BCUT2D eigenvalue weighted by molar-refractivity contribution is 7.19. The maximum absolute atomic E-state index is 14.0. The molecule has 2 heterocycles. The third-order valence-electron chi connectivity index (χ3n) is 4.34. The van der Waals surface area contributed by atoms with E-state index in [4.69, 9.17) is 11.6 Å². The lowest BCUT2D eigenvalue weighted by molar-refractivity contribution is -0.115. The van der Waals surface area contributed by atoms with Crippen LogP contribution in [0, 0.1) is 5.82 Å². The number of imidazole rings is 1. The van der Waals surface area contributed by atoms with Gasteiger partial charge in [-0.15, -0.1) is 0 Å². The van der Waals surface area contributed by atoms with E-state index in [1.807, 2.05) is 48.1 Å². The zero-order valence-electron chi connectivity index (χ0n) is 15.4. The van der Waals surface area contributed by atoms with Crippen LogP contribution in [-0.2, 0) is 18.3 Å². The molecule has 8 heteroatoms. The average molecular weight is 427 g/mol. The lowest BCUT2D eigenvalue weighted by Gasteiger charge is -2.05. The SMILES string of the molecule is Cn1ccnc1-c1sc(NC(=O)Cc2c(F)cccc2Cl)nc1-c1ccccc1. The first-order chi connectivity index (χ1) is 14.0. The van der Waals surface area contributed by atoms with Gasteiger partial charge < -0.3 is 9.88 Å². The van der Waals surface area contributed by atoms with Gasteiger partial charge in [-0.05, 0) is 12.1 Å². The van der Waals surface area contributed by atoms with Crippen LogP contribution in [0.5, 0.6) is 0 Å². The molecule has 0 radical (unpaired) electrons. The number of aryl methyl sites for hydroxylation is 1. The molecule has 2 aromatic heterocycles. The van der Waals surface area contributed by atoms with Crippen LogP contribution in [0.3, 0.4) is 0 Å². The summed E-state index contributed by atoms with van der Waals surface area (Å²) in [6.45, 7) is 0. The van der Waals surface area contributed by atoms with E-state index in [9.17, 15) is 9.18 Å². The Morgan fingerprint density at radius 3 is 2.69 bits per heavy atom. The van der Waals surface area contributed by atoms with Crippen molar-refractivity contribution in [2.45, 2.75) is 6.42 Å². The number of anilines is 1. The van der Waals surface area contributed by atoms with Crippen LogP contribution in [0.4, 0.5) is 9.52 Å². The summed E-state index contributed by atoms with van der Waals surface area (Å²) in [5.41, 5.74) is 1.80. The Bertz CT molecular complexity index is 1150. The van der Waals surface area contributed by atoms with Gasteiger partial charge >= 0.3 is 0 Å². The number of amides is 1. The second-order valence-corrected chi connectivity index (χ2v) is 7.76. The molecule has 0 saturated carbocycles. The van der Waals surface area contributed by atoms with Crippen LogP contribution in [0.15, 0.2) is 60.9 Å². The van der Waals surface area contributed by atoms with Crippen LogP contribution in [-0.4, -0.2) is 20.4 Å². The van der Waals surface area contributed by atoms with Gasteiger partial charge in [0.15, 0.2) is 11.0 Å². The van der Waals surface area contributed by atoms with Crippen molar-refractivity contribution in [1.82, 2.24) is 14.5 Å². The monoisotopic (exact) mass is 426 g/mol. The Labute approximate surface area is 175 Å². The van der Waals surface area contributed by atoms with Gasteiger partial charge in [0, 0.05) is 35.6 Å². The summed E-state index contributed by atoms with van der Waals surface area (Å²) in [7, 11) is 1.90. The number of halogens is 2. The van der Waals surface area contributed by atoms with Crippen molar-refractivity contribution in [2.24, 2.45) is 7.05 Å². The van der Waals surface area contributed by atoms with Gasteiger partial charge in [-0.3, -0.25) is 4.79 Å². The van der Waals surface area contributed by atoms with E-state index < -0.39 is 11.7 Å². The van der Waals surface area contributed by atoms with Crippen LogP contribution in [0.2, 0.25) is 5.02 Å². The highest BCUT2D eigenvalue weighted by atomic mass is 35.5. The van der Waals surface area contributed by atoms with E-state index in [-0.39, 0.29) is 17.0 Å². The first-order valence-corrected chi connectivity index (χ1v) is 9.99. The molecule has 4 rings (SSSR count). The minimum absolute atomic E-state index is 0.163. The van der Waals surface area contributed by atoms with Crippen LogP contribution in [0.1, 0.15) is 5.56 Å². The van der Waals surface area contributed by atoms with E-state index >= 15 is 0 Å². The molecule has 0 atom stereocenters. The van der Waals surface area contributed by atoms with Crippen molar-refractivity contribution in [1.29, 1.82) is 0 Å². The smallest absolute Gasteiger partial charge is 0.230 e. The molecule has 0 bridgehead atoms. The molecule has 2 aromatic carbocycles. The van der Waals surface area contributed by atoms with Crippen LogP contribution < -0.4 is 5.32 Å². The molecular formula is C21H16ClFN4OS. The van der Waals surface area contributed by atoms with Gasteiger partial charge in [0.25, 0.3) is 0 Å². The first-order valence-electron chi connectivity index (χ1n) is 8.79. The third kappa shape index (κ3) is 4.06.